The predicted octanol–water partition coefficient (Wildman–Crippen LogP) is 6.44. The monoisotopic (exact) mass is 508 g/mol. The number of thiophene rings is 2. The summed E-state index contributed by atoms with van der Waals surface area (Å²) in [5.41, 5.74) is 16.8. The van der Waals surface area contributed by atoms with Crippen LogP contribution in [0, 0.1) is 11.3 Å². The third kappa shape index (κ3) is 3.23. The second-order valence-corrected chi connectivity index (χ2v) is 10.3. The molecule has 4 aromatic heterocycles. The largest absolute Gasteiger partial charge is 0.397 e. The number of amides is 1. The van der Waals surface area contributed by atoms with E-state index in [1.165, 1.54) is 22.7 Å². The van der Waals surface area contributed by atoms with Gasteiger partial charge >= 0.3 is 0 Å². The molecule has 6 aromatic rings. The molecule has 0 aliphatic carbocycles. The van der Waals surface area contributed by atoms with Crippen LogP contribution >= 0.6 is 22.7 Å². The first-order chi connectivity index (χ1) is 17.5. The van der Waals surface area contributed by atoms with Crippen LogP contribution in [-0.2, 0) is 6.54 Å². The van der Waals surface area contributed by atoms with Gasteiger partial charge in [0, 0.05) is 49.9 Å². The van der Waals surface area contributed by atoms with Crippen LogP contribution in [0.2, 0.25) is 0 Å². The number of fused-ring (bicyclic) bond motifs is 4. The van der Waals surface area contributed by atoms with Crippen LogP contribution < -0.4 is 16.8 Å². The van der Waals surface area contributed by atoms with Gasteiger partial charge in [0.15, 0.2) is 0 Å². The smallest absolute Gasteiger partial charge is 0.267 e. The van der Waals surface area contributed by atoms with Crippen molar-refractivity contribution in [3.8, 4) is 16.5 Å². The fraction of sp³-hybridized carbons (Fsp3) is 0.0741. The standard InChI is InChI=1S/C27H20N6OS2/c1-2-33-18-7-4-3-6-15(18)16-12-14(9-10-19(16)33)31-26(34)24-23(29)22-21(20-8-5-11-35-20)17(13-28)25(30)32-27(22)36-24/h3-12H,2,29H2,1H3,(H2,30,32)(H,31,34). The minimum atomic E-state index is -0.330. The zero-order valence-corrected chi connectivity index (χ0v) is 20.8. The van der Waals surface area contributed by atoms with Crippen molar-refractivity contribution in [3.05, 3.63) is 70.4 Å². The van der Waals surface area contributed by atoms with Crippen molar-refractivity contribution in [3.63, 3.8) is 0 Å². The van der Waals surface area contributed by atoms with E-state index < -0.39 is 0 Å². The molecular weight excluding hydrogens is 488 g/mol. The number of pyridine rings is 1. The third-order valence-corrected chi connectivity index (χ3v) is 8.32. The fourth-order valence-corrected chi connectivity index (χ4v) is 6.57. The van der Waals surface area contributed by atoms with Crippen LogP contribution in [0.15, 0.2) is 60.0 Å². The number of carbonyl (C=O) groups is 1. The number of aryl methyl sites for hydroxylation is 1. The zero-order valence-electron chi connectivity index (χ0n) is 19.2. The van der Waals surface area contributed by atoms with Crippen molar-refractivity contribution in [2.75, 3.05) is 16.8 Å². The lowest BCUT2D eigenvalue weighted by molar-refractivity contribution is 0.103. The molecule has 176 valence electrons. The van der Waals surface area contributed by atoms with Gasteiger partial charge in [0.05, 0.1) is 5.69 Å². The van der Waals surface area contributed by atoms with Gasteiger partial charge in [-0.1, -0.05) is 24.3 Å². The average Bonchev–Trinajstić information content (AvgIpc) is 3.60. The quantitative estimate of drug-likeness (QED) is 0.253. The van der Waals surface area contributed by atoms with Gasteiger partial charge in [0.1, 0.15) is 27.2 Å². The normalized spacial score (nSPS) is 11.3. The van der Waals surface area contributed by atoms with Crippen LogP contribution in [0.4, 0.5) is 17.2 Å². The van der Waals surface area contributed by atoms with Crippen molar-refractivity contribution in [1.29, 1.82) is 5.26 Å². The maximum absolute atomic E-state index is 13.4. The van der Waals surface area contributed by atoms with Crippen LogP contribution in [0.5, 0.6) is 0 Å². The Labute approximate surface area is 214 Å². The van der Waals surface area contributed by atoms with Crippen LogP contribution in [-0.4, -0.2) is 15.5 Å². The average molecular weight is 509 g/mol. The maximum atomic E-state index is 13.4. The Morgan fingerprint density at radius 1 is 1.11 bits per heavy atom. The minimum absolute atomic E-state index is 0.124. The Morgan fingerprint density at radius 2 is 1.92 bits per heavy atom. The Hall–Kier alpha value is -4.39. The van der Waals surface area contributed by atoms with Gasteiger partial charge in [-0.3, -0.25) is 4.79 Å². The molecular formula is C27H20N6OS2. The maximum Gasteiger partial charge on any atom is 0.267 e. The van der Waals surface area contributed by atoms with Gasteiger partial charge in [-0.2, -0.15) is 5.26 Å². The van der Waals surface area contributed by atoms with Crippen molar-refractivity contribution >= 4 is 77.8 Å². The Bertz CT molecular complexity index is 1860. The number of hydrogen-bond donors (Lipinski definition) is 3. The molecule has 0 radical (unpaired) electrons. The molecule has 9 heteroatoms. The van der Waals surface area contributed by atoms with Crippen molar-refractivity contribution in [2.24, 2.45) is 0 Å². The molecule has 0 unspecified atom stereocenters. The number of carbonyl (C=O) groups excluding carboxylic acids is 1. The number of hydrogen-bond acceptors (Lipinski definition) is 7. The van der Waals surface area contributed by atoms with Gasteiger partial charge in [-0.25, -0.2) is 4.98 Å². The van der Waals surface area contributed by atoms with Gasteiger partial charge < -0.3 is 21.4 Å². The fourth-order valence-electron chi connectivity index (χ4n) is 4.78. The van der Waals surface area contributed by atoms with Crippen LogP contribution in [0.25, 0.3) is 42.5 Å². The summed E-state index contributed by atoms with van der Waals surface area (Å²) >= 11 is 2.65. The topological polar surface area (TPSA) is 123 Å². The first-order valence-corrected chi connectivity index (χ1v) is 13.0. The van der Waals surface area contributed by atoms with E-state index in [-0.39, 0.29) is 17.3 Å². The molecule has 0 aliphatic heterocycles. The number of anilines is 3. The third-order valence-electron chi connectivity index (χ3n) is 6.34. The minimum Gasteiger partial charge on any atom is -0.397 e. The molecule has 6 rings (SSSR count). The Balaban J connectivity index is 1.45. The van der Waals surface area contributed by atoms with E-state index in [1.54, 1.807) is 0 Å². The number of nitriles is 1. The van der Waals surface area contributed by atoms with Gasteiger partial charge in [0.2, 0.25) is 0 Å². The van der Waals surface area contributed by atoms with Gasteiger partial charge in [-0.15, -0.1) is 22.7 Å². The summed E-state index contributed by atoms with van der Waals surface area (Å²) in [7, 11) is 0. The summed E-state index contributed by atoms with van der Waals surface area (Å²) < 4.78 is 2.26. The highest BCUT2D eigenvalue weighted by atomic mass is 32.1. The molecule has 0 spiro atoms. The molecule has 0 fully saturated rings. The van der Waals surface area contributed by atoms with E-state index in [2.05, 4.69) is 40.0 Å². The lowest BCUT2D eigenvalue weighted by atomic mass is 10.0. The summed E-state index contributed by atoms with van der Waals surface area (Å²) in [6, 6.07) is 20.1. The number of nitrogens with zero attached hydrogens (tertiary/aromatic N) is 3. The number of nitrogens with two attached hydrogens (primary N) is 2. The summed E-state index contributed by atoms with van der Waals surface area (Å²) in [6.07, 6.45) is 0. The van der Waals surface area contributed by atoms with E-state index in [0.29, 0.717) is 32.0 Å². The van der Waals surface area contributed by atoms with Crippen molar-refractivity contribution in [1.82, 2.24) is 9.55 Å². The lowest BCUT2D eigenvalue weighted by Crippen LogP contribution is -2.12. The van der Waals surface area contributed by atoms with E-state index >= 15 is 0 Å². The van der Waals surface area contributed by atoms with E-state index in [9.17, 15) is 10.1 Å². The highest BCUT2D eigenvalue weighted by Crippen LogP contribution is 2.44. The molecule has 7 nitrogen and oxygen atoms in total. The van der Waals surface area contributed by atoms with Gasteiger partial charge in [-0.05, 0) is 42.6 Å². The van der Waals surface area contributed by atoms with E-state index in [0.717, 1.165) is 33.2 Å². The second kappa shape index (κ2) is 8.37. The molecule has 0 aliphatic rings. The number of rotatable bonds is 4. The second-order valence-electron chi connectivity index (χ2n) is 8.31. The number of aromatic nitrogens is 2. The van der Waals surface area contributed by atoms with Gasteiger partial charge in [0.25, 0.3) is 5.91 Å². The highest BCUT2D eigenvalue weighted by Gasteiger charge is 2.25. The lowest BCUT2D eigenvalue weighted by Gasteiger charge is -2.08. The molecule has 4 heterocycles. The molecule has 0 atom stereocenters. The van der Waals surface area contributed by atoms with E-state index in [4.69, 9.17) is 11.5 Å². The van der Waals surface area contributed by atoms with Crippen molar-refractivity contribution in [2.45, 2.75) is 13.5 Å². The summed E-state index contributed by atoms with van der Waals surface area (Å²) in [5, 5.41) is 17.5. The molecule has 0 saturated heterocycles. The van der Waals surface area contributed by atoms with Crippen molar-refractivity contribution < 1.29 is 4.79 Å². The van der Waals surface area contributed by atoms with Crippen LogP contribution in [0.1, 0.15) is 22.2 Å². The first-order valence-electron chi connectivity index (χ1n) is 11.3. The summed E-state index contributed by atoms with van der Waals surface area (Å²) in [6.45, 7) is 2.97. The molecule has 1 amide bonds. The molecule has 5 N–H and O–H groups in total. The molecule has 0 bridgehead atoms. The Morgan fingerprint density at radius 3 is 2.67 bits per heavy atom. The molecule has 0 saturated carbocycles. The zero-order chi connectivity index (χ0) is 25.0. The number of nitrogens with one attached hydrogen (secondary N) is 1. The number of nitrogen functional groups attached to an aromatic ring is 2. The predicted molar refractivity (Wildman–Crippen MR) is 150 cm³/mol. The number of para-hydroxylation sites is 1. The summed E-state index contributed by atoms with van der Waals surface area (Å²) in [4.78, 5) is 19.5. The molecule has 36 heavy (non-hydrogen) atoms. The van der Waals surface area contributed by atoms with Crippen LogP contribution in [0.3, 0.4) is 0 Å². The number of benzene rings is 2. The SMILES string of the molecule is CCn1c2ccccc2c2cc(NC(=O)c3sc4nc(N)c(C#N)c(-c5cccs5)c4c3N)ccc21. The van der Waals surface area contributed by atoms with E-state index in [1.807, 2.05) is 47.8 Å². The first kappa shape index (κ1) is 22.1. The summed E-state index contributed by atoms with van der Waals surface area (Å²) in [5.74, 6) is -0.206. The highest BCUT2D eigenvalue weighted by molar-refractivity contribution is 7.21. The Kier molecular flexibility index (Phi) is 5.14. The molecule has 2 aromatic carbocycles.